The molecule has 0 aliphatic rings. The smallest absolute Gasteiger partial charge is 0.175 e. The number of aryl methyl sites for hydroxylation is 1. The number of ether oxygens (including phenoxy) is 2. The molecule has 0 saturated heterocycles. The summed E-state index contributed by atoms with van der Waals surface area (Å²) in [7, 11) is 1.65. The fraction of sp³-hybridized carbons (Fsp3) is 0.182. The Morgan fingerprint density at radius 3 is 2.48 bits per heavy atom. The Labute approximate surface area is 173 Å². The van der Waals surface area contributed by atoms with Crippen LogP contribution in [0.2, 0.25) is 5.02 Å². The van der Waals surface area contributed by atoms with Crippen LogP contribution in [-0.2, 0) is 13.2 Å². The lowest BCUT2D eigenvalue weighted by atomic mass is 10.1. The van der Waals surface area contributed by atoms with Gasteiger partial charge in [-0.25, -0.2) is 0 Å². The minimum absolute atomic E-state index is 0.485. The zero-order valence-electron chi connectivity index (χ0n) is 15.3. The summed E-state index contributed by atoms with van der Waals surface area (Å²) in [6.45, 7) is 3.22. The van der Waals surface area contributed by atoms with Crippen molar-refractivity contribution >= 4 is 33.2 Å². The molecule has 5 heteroatoms. The first kappa shape index (κ1) is 19.6. The number of benzene rings is 3. The average molecular weight is 447 g/mol. The maximum atomic E-state index is 6.02. The van der Waals surface area contributed by atoms with Gasteiger partial charge in [-0.15, -0.1) is 0 Å². The van der Waals surface area contributed by atoms with Crippen LogP contribution in [0.5, 0.6) is 11.5 Å². The Hall–Kier alpha value is -2.17. The van der Waals surface area contributed by atoms with Crippen molar-refractivity contribution in [3.05, 3.63) is 86.8 Å². The van der Waals surface area contributed by atoms with Crippen LogP contribution in [0, 0.1) is 6.92 Å². The Morgan fingerprint density at radius 1 is 1.00 bits per heavy atom. The molecular weight excluding hydrogens is 426 g/mol. The van der Waals surface area contributed by atoms with Gasteiger partial charge in [0, 0.05) is 17.3 Å². The molecule has 0 unspecified atom stereocenters. The highest BCUT2D eigenvalue weighted by atomic mass is 79.9. The molecule has 27 heavy (non-hydrogen) atoms. The summed E-state index contributed by atoms with van der Waals surface area (Å²) in [6, 6.07) is 19.9. The second-order valence-electron chi connectivity index (χ2n) is 6.25. The summed E-state index contributed by atoms with van der Waals surface area (Å²) < 4.78 is 12.4. The molecule has 0 atom stereocenters. The topological polar surface area (TPSA) is 30.5 Å². The summed E-state index contributed by atoms with van der Waals surface area (Å²) in [5.41, 5.74) is 4.43. The van der Waals surface area contributed by atoms with Gasteiger partial charge in [0.2, 0.25) is 0 Å². The molecule has 140 valence electrons. The monoisotopic (exact) mass is 445 g/mol. The van der Waals surface area contributed by atoms with Crippen molar-refractivity contribution in [3.63, 3.8) is 0 Å². The van der Waals surface area contributed by atoms with Crippen LogP contribution in [0.15, 0.2) is 65.1 Å². The Kier molecular flexibility index (Phi) is 6.64. The van der Waals surface area contributed by atoms with Crippen LogP contribution >= 0.6 is 27.5 Å². The molecular formula is C22H21BrClNO2. The number of hydrogen-bond acceptors (Lipinski definition) is 3. The molecule has 3 nitrogen and oxygen atoms in total. The van der Waals surface area contributed by atoms with E-state index < -0.39 is 0 Å². The molecule has 3 aromatic rings. The van der Waals surface area contributed by atoms with E-state index in [0.29, 0.717) is 24.7 Å². The predicted molar refractivity (Wildman–Crippen MR) is 115 cm³/mol. The molecule has 0 bridgehead atoms. The van der Waals surface area contributed by atoms with Crippen molar-refractivity contribution in [2.45, 2.75) is 20.1 Å². The van der Waals surface area contributed by atoms with Gasteiger partial charge < -0.3 is 14.8 Å². The molecule has 0 saturated carbocycles. The number of rotatable bonds is 7. The number of anilines is 1. The molecule has 0 spiro atoms. The van der Waals surface area contributed by atoms with Gasteiger partial charge in [-0.05, 0) is 70.4 Å². The fourth-order valence-electron chi connectivity index (χ4n) is 2.74. The van der Waals surface area contributed by atoms with Crippen molar-refractivity contribution in [2.24, 2.45) is 0 Å². The van der Waals surface area contributed by atoms with Gasteiger partial charge in [0.1, 0.15) is 6.61 Å². The Bertz CT molecular complexity index is 913. The Morgan fingerprint density at radius 2 is 1.78 bits per heavy atom. The van der Waals surface area contributed by atoms with Crippen LogP contribution < -0.4 is 14.8 Å². The van der Waals surface area contributed by atoms with Gasteiger partial charge in [-0.1, -0.05) is 41.4 Å². The minimum Gasteiger partial charge on any atom is -0.493 e. The molecule has 0 fully saturated rings. The van der Waals surface area contributed by atoms with Crippen LogP contribution in [0.3, 0.4) is 0 Å². The van der Waals surface area contributed by atoms with Gasteiger partial charge in [0.15, 0.2) is 11.5 Å². The lowest BCUT2D eigenvalue weighted by Crippen LogP contribution is -2.03. The van der Waals surface area contributed by atoms with E-state index in [1.807, 2.05) is 42.5 Å². The normalized spacial score (nSPS) is 10.5. The lowest BCUT2D eigenvalue weighted by Gasteiger charge is -2.15. The van der Waals surface area contributed by atoms with Crippen molar-refractivity contribution < 1.29 is 9.47 Å². The van der Waals surface area contributed by atoms with Gasteiger partial charge in [0.25, 0.3) is 0 Å². The molecule has 0 heterocycles. The molecule has 1 N–H and O–H groups in total. The first-order valence-electron chi connectivity index (χ1n) is 8.59. The van der Waals surface area contributed by atoms with E-state index in [0.717, 1.165) is 26.3 Å². The first-order valence-corrected chi connectivity index (χ1v) is 9.76. The highest BCUT2D eigenvalue weighted by Gasteiger charge is 2.12. The zero-order valence-corrected chi connectivity index (χ0v) is 17.6. The maximum absolute atomic E-state index is 6.02. The van der Waals surface area contributed by atoms with Crippen molar-refractivity contribution in [1.82, 2.24) is 0 Å². The summed E-state index contributed by atoms with van der Waals surface area (Å²) in [4.78, 5) is 0. The molecule has 0 amide bonds. The summed E-state index contributed by atoms with van der Waals surface area (Å²) >= 11 is 9.54. The Balaban J connectivity index is 1.71. The van der Waals surface area contributed by atoms with Crippen molar-refractivity contribution in [1.29, 1.82) is 0 Å². The van der Waals surface area contributed by atoms with E-state index in [4.69, 9.17) is 21.1 Å². The van der Waals surface area contributed by atoms with Crippen LogP contribution in [0.4, 0.5) is 5.69 Å². The first-order chi connectivity index (χ1) is 13.0. The molecule has 3 aromatic carbocycles. The third-order valence-electron chi connectivity index (χ3n) is 4.10. The quantitative estimate of drug-likeness (QED) is 0.443. The molecule has 0 radical (unpaired) electrons. The standard InChI is InChI=1S/C22H21BrClNO2/c1-15-4-3-5-16(10-15)14-27-22-20(23)11-17(12-21(22)26-2)13-25-19-8-6-18(24)7-9-19/h3-12,25H,13-14H2,1-2H3. The maximum Gasteiger partial charge on any atom is 0.175 e. The van der Waals surface area contributed by atoms with Gasteiger partial charge in [-0.3, -0.25) is 0 Å². The number of hydrogen-bond donors (Lipinski definition) is 1. The number of halogens is 2. The van der Waals surface area contributed by atoms with E-state index in [1.54, 1.807) is 7.11 Å². The minimum atomic E-state index is 0.485. The SMILES string of the molecule is COc1cc(CNc2ccc(Cl)cc2)cc(Br)c1OCc1cccc(C)c1. The van der Waals surface area contributed by atoms with E-state index in [9.17, 15) is 0 Å². The second kappa shape index (κ2) is 9.16. The predicted octanol–water partition coefficient (Wildman–Crippen LogP) is 6.61. The van der Waals surface area contributed by atoms with Crippen LogP contribution in [-0.4, -0.2) is 7.11 Å². The van der Waals surface area contributed by atoms with E-state index in [2.05, 4.69) is 46.4 Å². The summed E-state index contributed by atoms with van der Waals surface area (Å²) in [5.74, 6) is 1.40. The summed E-state index contributed by atoms with van der Waals surface area (Å²) in [5, 5.41) is 4.10. The van der Waals surface area contributed by atoms with Gasteiger partial charge >= 0.3 is 0 Å². The van der Waals surface area contributed by atoms with Gasteiger partial charge in [-0.2, -0.15) is 0 Å². The average Bonchev–Trinajstić information content (AvgIpc) is 2.66. The van der Waals surface area contributed by atoms with Crippen LogP contribution in [0.25, 0.3) is 0 Å². The molecule has 0 aromatic heterocycles. The van der Waals surface area contributed by atoms with E-state index in [1.165, 1.54) is 5.56 Å². The van der Waals surface area contributed by atoms with Crippen LogP contribution in [0.1, 0.15) is 16.7 Å². The highest BCUT2D eigenvalue weighted by molar-refractivity contribution is 9.10. The van der Waals surface area contributed by atoms with Crippen molar-refractivity contribution in [3.8, 4) is 11.5 Å². The van der Waals surface area contributed by atoms with E-state index >= 15 is 0 Å². The number of methoxy groups -OCH3 is 1. The lowest BCUT2D eigenvalue weighted by molar-refractivity contribution is 0.282. The van der Waals surface area contributed by atoms with Crippen molar-refractivity contribution in [2.75, 3.05) is 12.4 Å². The third kappa shape index (κ3) is 5.41. The molecule has 0 aliphatic carbocycles. The van der Waals surface area contributed by atoms with Gasteiger partial charge in [0.05, 0.1) is 11.6 Å². The zero-order chi connectivity index (χ0) is 19.2. The molecule has 0 aliphatic heterocycles. The third-order valence-corrected chi connectivity index (χ3v) is 4.94. The summed E-state index contributed by atoms with van der Waals surface area (Å²) in [6.07, 6.45) is 0. The number of nitrogens with one attached hydrogen (secondary N) is 1. The van der Waals surface area contributed by atoms with E-state index in [-0.39, 0.29) is 0 Å². The highest BCUT2D eigenvalue weighted by Crippen LogP contribution is 2.37. The largest absolute Gasteiger partial charge is 0.493 e. The second-order valence-corrected chi connectivity index (χ2v) is 7.54. The fourth-order valence-corrected chi connectivity index (χ4v) is 3.47. The molecule has 3 rings (SSSR count).